The first-order chi connectivity index (χ1) is 18.1. The second kappa shape index (κ2) is 13.2. The minimum absolute atomic E-state index is 0.129. The minimum atomic E-state index is -0.129. The molecular formula is C29H32N2O6. The highest BCUT2D eigenvalue weighted by atomic mass is 16.7. The summed E-state index contributed by atoms with van der Waals surface area (Å²) < 4.78 is 28.0. The molecule has 3 aromatic rings. The van der Waals surface area contributed by atoms with Crippen molar-refractivity contribution >= 4 is 12.1 Å². The number of nitrogens with zero attached hydrogens (tertiary/aromatic N) is 1. The van der Waals surface area contributed by atoms with Gasteiger partial charge in [0.1, 0.15) is 12.4 Å². The van der Waals surface area contributed by atoms with E-state index in [9.17, 15) is 4.79 Å². The summed E-state index contributed by atoms with van der Waals surface area (Å²) in [6.45, 7) is 5.61. The van der Waals surface area contributed by atoms with Gasteiger partial charge in [-0.3, -0.25) is 4.79 Å². The lowest BCUT2D eigenvalue weighted by Crippen LogP contribution is -2.17. The van der Waals surface area contributed by atoms with Crippen molar-refractivity contribution in [3.05, 3.63) is 77.4 Å². The van der Waals surface area contributed by atoms with Crippen LogP contribution < -0.4 is 29.1 Å². The van der Waals surface area contributed by atoms with Crippen molar-refractivity contribution < 1.29 is 28.5 Å². The Morgan fingerprint density at radius 1 is 0.892 bits per heavy atom. The fraction of sp³-hybridized carbons (Fsp3) is 0.310. The van der Waals surface area contributed by atoms with E-state index in [0.29, 0.717) is 37.7 Å². The van der Waals surface area contributed by atoms with E-state index in [1.165, 1.54) is 5.56 Å². The first kappa shape index (κ1) is 25.9. The number of nitrogens with one attached hydrogen (secondary N) is 1. The van der Waals surface area contributed by atoms with Gasteiger partial charge in [0, 0.05) is 6.42 Å². The topological polar surface area (TPSA) is 87.6 Å². The van der Waals surface area contributed by atoms with Crippen molar-refractivity contribution in [1.82, 2.24) is 5.43 Å². The van der Waals surface area contributed by atoms with E-state index in [1.54, 1.807) is 6.21 Å². The van der Waals surface area contributed by atoms with E-state index in [1.807, 2.05) is 74.5 Å². The van der Waals surface area contributed by atoms with E-state index >= 15 is 0 Å². The first-order valence-electron chi connectivity index (χ1n) is 12.5. The van der Waals surface area contributed by atoms with E-state index in [2.05, 4.69) is 10.5 Å². The first-order valence-corrected chi connectivity index (χ1v) is 12.5. The molecule has 0 aromatic heterocycles. The molecule has 0 fully saturated rings. The van der Waals surface area contributed by atoms with Gasteiger partial charge in [-0.25, -0.2) is 5.43 Å². The fourth-order valence-electron chi connectivity index (χ4n) is 3.79. The molecule has 1 N–H and O–H groups in total. The van der Waals surface area contributed by atoms with Crippen LogP contribution in [-0.4, -0.2) is 32.1 Å². The molecule has 3 aromatic carbocycles. The molecule has 1 aliphatic heterocycles. The average molecular weight is 505 g/mol. The Kier molecular flexibility index (Phi) is 9.23. The third-order valence-corrected chi connectivity index (χ3v) is 5.61. The zero-order valence-electron chi connectivity index (χ0n) is 21.2. The maximum atomic E-state index is 12.2. The van der Waals surface area contributed by atoms with Gasteiger partial charge in [-0.05, 0) is 85.8 Å². The van der Waals surface area contributed by atoms with Crippen LogP contribution in [0.25, 0.3) is 0 Å². The quantitative estimate of drug-likeness (QED) is 0.252. The Labute approximate surface area is 217 Å². The lowest BCUT2D eigenvalue weighted by atomic mass is 10.1. The van der Waals surface area contributed by atoms with Gasteiger partial charge in [-0.2, -0.15) is 5.10 Å². The number of hydrogen-bond donors (Lipinski definition) is 1. The number of aryl methyl sites for hydroxylation is 1. The van der Waals surface area contributed by atoms with Crippen LogP contribution in [0.4, 0.5) is 0 Å². The number of rotatable bonds is 13. The molecular weight excluding hydrogens is 472 g/mol. The van der Waals surface area contributed by atoms with Gasteiger partial charge in [-0.15, -0.1) is 0 Å². The van der Waals surface area contributed by atoms with E-state index in [0.717, 1.165) is 41.2 Å². The highest BCUT2D eigenvalue weighted by Gasteiger charge is 2.14. The van der Waals surface area contributed by atoms with Crippen LogP contribution in [0.3, 0.4) is 0 Å². The molecule has 0 saturated carbocycles. The van der Waals surface area contributed by atoms with Crippen LogP contribution in [0.15, 0.2) is 65.8 Å². The van der Waals surface area contributed by atoms with Crippen LogP contribution in [0.2, 0.25) is 0 Å². The van der Waals surface area contributed by atoms with Crippen molar-refractivity contribution in [2.75, 3.05) is 20.0 Å². The molecule has 0 atom stereocenters. The molecule has 8 nitrogen and oxygen atoms in total. The van der Waals surface area contributed by atoms with Crippen LogP contribution in [0.5, 0.6) is 28.7 Å². The molecule has 0 saturated heterocycles. The predicted octanol–water partition coefficient (Wildman–Crippen LogP) is 5.26. The number of hydrazone groups is 1. The Balaban J connectivity index is 1.25. The number of fused-ring (bicyclic) bond motifs is 1. The number of benzene rings is 3. The maximum absolute atomic E-state index is 12.2. The second-order valence-electron chi connectivity index (χ2n) is 8.34. The van der Waals surface area contributed by atoms with Gasteiger partial charge in [-0.1, -0.05) is 18.2 Å². The average Bonchev–Trinajstić information content (AvgIpc) is 3.38. The van der Waals surface area contributed by atoms with Crippen molar-refractivity contribution in [3.63, 3.8) is 0 Å². The second-order valence-corrected chi connectivity index (χ2v) is 8.34. The van der Waals surface area contributed by atoms with E-state index < -0.39 is 0 Å². The zero-order valence-corrected chi connectivity index (χ0v) is 21.2. The normalized spacial score (nSPS) is 11.9. The number of carbonyl (C=O) groups is 1. The van der Waals surface area contributed by atoms with Gasteiger partial charge in [0.25, 0.3) is 0 Å². The van der Waals surface area contributed by atoms with Gasteiger partial charge in [0.15, 0.2) is 23.0 Å². The molecule has 194 valence electrons. The summed E-state index contributed by atoms with van der Waals surface area (Å²) in [4.78, 5) is 12.2. The highest BCUT2D eigenvalue weighted by Crippen LogP contribution is 2.34. The Bertz CT molecular complexity index is 1210. The molecule has 1 amide bonds. The number of hydrogen-bond acceptors (Lipinski definition) is 7. The molecule has 0 radical (unpaired) electrons. The van der Waals surface area contributed by atoms with Gasteiger partial charge in [0.2, 0.25) is 12.7 Å². The highest BCUT2D eigenvalue weighted by molar-refractivity contribution is 5.83. The lowest BCUT2D eigenvalue weighted by Gasteiger charge is -2.13. The van der Waals surface area contributed by atoms with Gasteiger partial charge < -0.3 is 23.7 Å². The molecule has 8 heteroatoms. The summed E-state index contributed by atoms with van der Waals surface area (Å²) in [7, 11) is 0. The van der Waals surface area contributed by atoms with Crippen LogP contribution >= 0.6 is 0 Å². The molecule has 1 heterocycles. The summed E-state index contributed by atoms with van der Waals surface area (Å²) in [5.41, 5.74) is 5.51. The third kappa shape index (κ3) is 7.64. The summed E-state index contributed by atoms with van der Waals surface area (Å²) in [5.74, 6) is 3.41. The van der Waals surface area contributed by atoms with Crippen LogP contribution in [0, 0.1) is 0 Å². The summed E-state index contributed by atoms with van der Waals surface area (Å²) in [6.07, 6.45) is 3.53. The molecule has 4 rings (SSSR count). The Morgan fingerprint density at radius 3 is 2.49 bits per heavy atom. The maximum Gasteiger partial charge on any atom is 0.240 e. The monoisotopic (exact) mass is 504 g/mol. The minimum Gasteiger partial charge on any atom is -0.494 e. The number of amides is 1. The molecule has 37 heavy (non-hydrogen) atoms. The predicted molar refractivity (Wildman–Crippen MR) is 141 cm³/mol. The standard InChI is InChI=1S/C29H32N2O6/c1-3-33-24-12-8-21(9-13-24)6-5-7-29(32)31-30-18-22-10-14-25(27(16-22)34-4-2)35-19-23-11-15-26-28(17-23)37-20-36-26/h8-18H,3-7,19-20H2,1-2H3,(H,31,32)/b30-18-. The molecule has 0 spiro atoms. The van der Waals surface area contributed by atoms with Gasteiger partial charge in [0.05, 0.1) is 19.4 Å². The number of ether oxygens (including phenoxy) is 5. The molecule has 0 bridgehead atoms. The zero-order chi connectivity index (χ0) is 25.9. The van der Waals surface area contributed by atoms with Crippen LogP contribution in [-0.2, 0) is 17.8 Å². The Morgan fingerprint density at radius 2 is 1.68 bits per heavy atom. The molecule has 0 aliphatic carbocycles. The fourth-order valence-corrected chi connectivity index (χ4v) is 3.79. The number of carbonyl (C=O) groups excluding carboxylic acids is 1. The van der Waals surface area contributed by atoms with E-state index in [-0.39, 0.29) is 12.7 Å². The van der Waals surface area contributed by atoms with E-state index in [4.69, 9.17) is 23.7 Å². The van der Waals surface area contributed by atoms with Crippen molar-refractivity contribution in [2.24, 2.45) is 5.10 Å². The van der Waals surface area contributed by atoms with Crippen LogP contribution in [0.1, 0.15) is 43.4 Å². The SMILES string of the molecule is CCOc1ccc(CCCC(=O)N/N=C\c2ccc(OCc3ccc4c(c3)OCO4)c(OCC)c2)cc1. The summed E-state index contributed by atoms with van der Waals surface area (Å²) >= 11 is 0. The Hall–Kier alpha value is -4.20. The summed E-state index contributed by atoms with van der Waals surface area (Å²) in [6, 6.07) is 19.2. The third-order valence-electron chi connectivity index (χ3n) is 5.61. The van der Waals surface area contributed by atoms with Crippen molar-refractivity contribution in [2.45, 2.75) is 39.7 Å². The summed E-state index contributed by atoms with van der Waals surface area (Å²) in [5, 5.41) is 4.09. The molecule has 0 unspecified atom stereocenters. The van der Waals surface area contributed by atoms with Gasteiger partial charge >= 0.3 is 0 Å². The molecule has 1 aliphatic rings. The lowest BCUT2D eigenvalue weighted by molar-refractivity contribution is -0.121. The van der Waals surface area contributed by atoms with Crippen molar-refractivity contribution in [3.8, 4) is 28.7 Å². The van der Waals surface area contributed by atoms with Crippen molar-refractivity contribution in [1.29, 1.82) is 0 Å². The smallest absolute Gasteiger partial charge is 0.240 e. The largest absolute Gasteiger partial charge is 0.494 e.